The third-order valence-electron chi connectivity index (χ3n) is 2.76. The number of carbonyl (C=O) groups is 1. The maximum Gasteiger partial charge on any atom is 0.241 e. The zero-order chi connectivity index (χ0) is 12.4. The van der Waals surface area contributed by atoms with Crippen LogP contribution in [0.25, 0.3) is 0 Å². The number of carbonyl (C=O) groups excluding carboxylic acids is 1. The average molecular weight is 255 g/mol. The minimum Gasteiger partial charge on any atom is -0.368 e. The number of rotatable bonds is 3. The van der Waals surface area contributed by atoms with Crippen LogP contribution in [0.4, 0.5) is 5.13 Å². The summed E-state index contributed by atoms with van der Waals surface area (Å²) in [6.07, 6.45) is 0. The Bertz CT molecular complexity index is 405. The summed E-state index contributed by atoms with van der Waals surface area (Å²) < 4.78 is 4.30. The fourth-order valence-corrected chi connectivity index (χ4v) is 2.65. The van der Waals surface area contributed by atoms with E-state index in [1.54, 1.807) is 0 Å². The Morgan fingerprint density at radius 2 is 2.41 bits per heavy atom. The van der Waals surface area contributed by atoms with Crippen LogP contribution in [0, 0.1) is 0 Å². The van der Waals surface area contributed by atoms with Crippen molar-refractivity contribution in [2.75, 3.05) is 24.5 Å². The van der Waals surface area contributed by atoms with Crippen molar-refractivity contribution in [2.45, 2.75) is 25.8 Å². The molecule has 1 atom stereocenters. The largest absolute Gasteiger partial charge is 0.368 e. The van der Waals surface area contributed by atoms with E-state index in [-0.39, 0.29) is 11.9 Å². The van der Waals surface area contributed by atoms with Gasteiger partial charge in [0.2, 0.25) is 11.0 Å². The minimum absolute atomic E-state index is 0.301. The Labute approximate surface area is 104 Å². The van der Waals surface area contributed by atoms with Crippen molar-refractivity contribution in [2.24, 2.45) is 5.73 Å². The molecule has 0 aliphatic carbocycles. The number of hydrogen-bond acceptors (Lipinski definition) is 6. The number of aromatic nitrogens is 2. The highest BCUT2D eigenvalue weighted by molar-refractivity contribution is 7.09. The van der Waals surface area contributed by atoms with Gasteiger partial charge in [0.25, 0.3) is 0 Å². The molecule has 2 heterocycles. The van der Waals surface area contributed by atoms with Gasteiger partial charge >= 0.3 is 0 Å². The van der Waals surface area contributed by atoms with Crippen LogP contribution in [0.2, 0.25) is 0 Å². The van der Waals surface area contributed by atoms with E-state index in [0.717, 1.165) is 24.0 Å². The molecule has 94 valence electrons. The number of piperazine rings is 1. The van der Waals surface area contributed by atoms with Crippen molar-refractivity contribution in [1.29, 1.82) is 0 Å². The summed E-state index contributed by atoms with van der Waals surface area (Å²) in [7, 11) is 0. The van der Waals surface area contributed by atoms with Crippen molar-refractivity contribution in [3.63, 3.8) is 0 Å². The van der Waals surface area contributed by atoms with Gasteiger partial charge in [-0.3, -0.25) is 4.79 Å². The lowest BCUT2D eigenvalue weighted by Gasteiger charge is -2.33. The smallest absolute Gasteiger partial charge is 0.241 e. The van der Waals surface area contributed by atoms with Gasteiger partial charge in [-0.25, -0.2) is 4.98 Å². The van der Waals surface area contributed by atoms with Gasteiger partial charge in [0.15, 0.2) is 0 Å². The van der Waals surface area contributed by atoms with E-state index in [2.05, 4.69) is 28.5 Å². The molecule has 1 aromatic heterocycles. The second-order valence-electron chi connectivity index (χ2n) is 4.41. The average Bonchev–Trinajstić information content (AvgIpc) is 2.78. The molecule has 0 aromatic carbocycles. The predicted molar refractivity (Wildman–Crippen MR) is 67.2 cm³/mol. The molecule has 1 fully saturated rings. The van der Waals surface area contributed by atoms with E-state index in [1.165, 1.54) is 11.5 Å². The first-order valence-corrected chi connectivity index (χ1v) is 6.47. The molecule has 1 aliphatic rings. The molecule has 0 bridgehead atoms. The molecule has 7 heteroatoms. The molecule has 1 aromatic rings. The van der Waals surface area contributed by atoms with Gasteiger partial charge in [-0.1, -0.05) is 13.8 Å². The van der Waals surface area contributed by atoms with Crippen molar-refractivity contribution in [1.82, 2.24) is 14.7 Å². The topological polar surface area (TPSA) is 84.1 Å². The summed E-state index contributed by atoms with van der Waals surface area (Å²) in [6.45, 7) is 6.25. The number of anilines is 1. The number of nitrogens with one attached hydrogen (secondary N) is 1. The second-order valence-corrected chi connectivity index (χ2v) is 5.14. The maximum absolute atomic E-state index is 11.4. The van der Waals surface area contributed by atoms with Crippen molar-refractivity contribution < 1.29 is 4.79 Å². The second kappa shape index (κ2) is 4.97. The van der Waals surface area contributed by atoms with E-state index in [1.807, 2.05) is 4.90 Å². The monoisotopic (exact) mass is 255 g/mol. The van der Waals surface area contributed by atoms with Crippen LogP contribution in [0.1, 0.15) is 25.6 Å². The van der Waals surface area contributed by atoms with Crippen molar-refractivity contribution >= 4 is 22.6 Å². The zero-order valence-electron chi connectivity index (χ0n) is 10.0. The molecule has 1 saturated heterocycles. The Hall–Kier alpha value is -1.21. The zero-order valence-corrected chi connectivity index (χ0v) is 10.8. The lowest BCUT2D eigenvalue weighted by atomic mass is 10.2. The van der Waals surface area contributed by atoms with Gasteiger partial charge in [-0.15, -0.1) is 0 Å². The third-order valence-corrected chi connectivity index (χ3v) is 3.53. The fourth-order valence-electron chi connectivity index (χ4n) is 1.77. The highest BCUT2D eigenvalue weighted by Gasteiger charge is 2.29. The van der Waals surface area contributed by atoms with Crippen LogP contribution in [0.3, 0.4) is 0 Å². The third kappa shape index (κ3) is 2.55. The van der Waals surface area contributed by atoms with E-state index < -0.39 is 0 Å². The molecule has 0 spiro atoms. The number of hydrogen-bond donors (Lipinski definition) is 2. The Balaban J connectivity index is 2.20. The van der Waals surface area contributed by atoms with Crippen LogP contribution in [-0.4, -0.2) is 40.9 Å². The van der Waals surface area contributed by atoms with Crippen molar-refractivity contribution in [3.05, 3.63) is 5.82 Å². The van der Waals surface area contributed by atoms with Crippen LogP contribution >= 0.6 is 11.5 Å². The standard InChI is InChI=1S/C10H17N5OS/c1-6(2)9-13-10(17-14-9)15-4-3-12-5-7(15)8(11)16/h6-7,12H,3-5H2,1-2H3,(H2,11,16). The molecule has 6 nitrogen and oxygen atoms in total. The predicted octanol–water partition coefficient (Wildman–Crippen LogP) is -0.0750. The highest BCUT2D eigenvalue weighted by Crippen LogP contribution is 2.23. The lowest BCUT2D eigenvalue weighted by Crippen LogP contribution is -2.57. The van der Waals surface area contributed by atoms with Gasteiger partial charge in [0.1, 0.15) is 11.9 Å². The molecular formula is C10H17N5OS. The first kappa shape index (κ1) is 12.3. The van der Waals surface area contributed by atoms with Crippen LogP contribution in [0.15, 0.2) is 0 Å². The van der Waals surface area contributed by atoms with Crippen LogP contribution in [-0.2, 0) is 4.79 Å². The number of nitrogens with two attached hydrogens (primary N) is 1. The maximum atomic E-state index is 11.4. The number of amides is 1. The van der Waals surface area contributed by atoms with Gasteiger partial charge in [-0.05, 0) is 0 Å². The van der Waals surface area contributed by atoms with Gasteiger partial charge in [0, 0.05) is 37.1 Å². The lowest BCUT2D eigenvalue weighted by molar-refractivity contribution is -0.119. The summed E-state index contributed by atoms with van der Waals surface area (Å²) in [6, 6.07) is -0.322. The molecule has 2 rings (SSSR count). The molecule has 0 radical (unpaired) electrons. The Morgan fingerprint density at radius 1 is 1.65 bits per heavy atom. The molecule has 17 heavy (non-hydrogen) atoms. The van der Waals surface area contributed by atoms with Crippen LogP contribution in [0.5, 0.6) is 0 Å². The summed E-state index contributed by atoms with van der Waals surface area (Å²) in [5.41, 5.74) is 5.40. The molecular weight excluding hydrogens is 238 g/mol. The van der Waals surface area contributed by atoms with Crippen LogP contribution < -0.4 is 16.0 Å². The molecule has 1 aliphatic heterocycles. The molecule has 1 unspecified atom stereocenters. The first-order chi connectivity index (χ1) is 8.09. The normalized spacial score (nSPS) is 20.9. The fraction of sp³-hybridized carbons (Fsp3) is 0.700. The summed E-state index contributed by atoms with van der Waals surface area (Å²) in [5.74, 6) is 0.806. The molecule has 0 saturated carbocycles. The quantitative estimate of drug-likeness (QED) is 0.789. The molecule has 1 amide bonds. The Kier molecular flexibility index (Phi) is 3.58. The molecule has 3 N–H and O–H groups in total. The summed E-state index contributed by atoms with van der Waals surface area (Å²) in [5, 5.41) is 3.95. The van der Waals surface area contributed by atoms with E-state index in [4.69, 9.17) is 5.73 Å². The summed E-state index contributed by atoms with van der Waals surface area (Å²) >= 11 is 1.33. The summed E-state index contributed by atoms with van der Waals surface area (Å²) in [4.78, 5) is 17.8. The Morgan fingerprint density at radius 3 is 3.00 bits per heavy atom. The van der Waals surface area contributed by atoms with Gasteiger partial charge in [-0.2, -0.15) is 4.37 Å². The number of nitrogens with zero attached hydrogens (tertiary/aromatic N) is 3. The number of primary amides is 1. The van der Waals surface area contributed by atoms with Gasteiger partial charge < -0.3 is 16.0 Å². The first-order valence-electron chi connectivity index (χ1n) is 5.70. The van der Waals surface area contributed by atoms with E-state index >= 15 is 0 Å². The van der Waals surface area contributed by atoms with E-state index in [9.17, 15) is 4.79 Å². The van der Waals surface area contributed by atoms with E-state index in [0.29, 0.717) is 12.5 Å². The minimum atomic E-state index is -0.322. The van der Waals surface area contributed by atoms with Crippen molar-refractivity contribution in [3.8, 4) is 0 Å². The highest BCUT2D eigenvalue weighted by atomic mass is 32.1. The van der Waals surface area contributed by atoms with Gasteiger partial charge in [0.05, 0.1) is 0 Å². The SMILES string of the molecule is CC(C)c1nsc(N2CCNCC2C(N)=O)n1.